The first kappa shape index (κ1) is 11.6. The predicted octanol–water partition coefficient (Wildman–Crippen LogP) is 1.53. The second-order valence-electron chi connectivity index (χ2n) is 3.40. The van der Waals surface area contributed by atoms with Crippen LogP contribution in [0, 0.1) is 0 Å². The van der Waals surface area contributed by atoms with E-state index < -0.39 is 5.54 Å². The van der Waals surface area contributed by atoms with Gasteiger partial charge in [0.15, 0.2) is 5.54 Å². The molecule has 5 nitrogen and oxygen atoms in total. The lowest BCUT2D eigenvalue weighted by Crippen LogP contribution is -2.37. The van der Waals surface area contributed by atoms with Gasteiger partial charge in [-0.1, -0.05) is 0 Å². The SMILES string of the molecule is COC(=O)C(C)(C)n1cc(N=C=S)cn1. The zero-order valence-electron chi connectivity index (χ0n) is 8.72. The van der Waals surface area contributed by atoms with E-state index in [9.17, 15) is 4.79 Å². The van der Waals surface area contributed by atoms with Crippen LogP contribution in [0.4, 0.5) is 5.69 Å². The van der Waals surface area contributed by atoms with Gasteiger partial charge in [-0.15, -0.1) is 0 Å². The molecule has 0 N–H and O–H groups in total. The molecule has 0 saturated heterocycles. The van der Waals surface area contributed by atoms with Gasteiger partial charge in [-0.3, -0.25) is 4.68 Å². The molecule has 0 radical (unpaired) electrons. The number of hydrogen-bond donors (Lipinski definition) is 0. The number of carbonyl (C=O) groups is 1. The first-order valence-electron chi connectivity index (χ1n) is 4.24. The molecule has 0 bridgehead atoms. The number of thiocarbonyl (C=S) groups is 1. The van der Waals surface area contributed by atoms with Crippen molar-refractivity contribution in [2.75, 3.05) is 7.11 Å². The van der Waals surface area contributed by atoms with Gasteiger partial charge in [0.2, 0.25) is 0 Å². The van der Waals surface area contributed by atoms with Crippen molar-refractivity contribution in [1.82, 2.24) is 9.78 Å². The summed E-state index contributed by atoms with van der Waals surface area (Å²) in [5.74, 6) is -0.372. The summed E-state index contributed by atoms with van der Waals surface area (Å²) in [4.78, 5) is 15.2. The molecule has 80 valence electrons. The van der Waals surface area contributed by atoms with E-state index in [1.807, 2.05) is 0 Å². The van der Waals surface area contributed by atoms with E-state index in [0.717, 1.165) is 0 Å². The number of isothiocyanates is 1. The standard InChI is InChI=1S/C9H11N3O2S/c1-9(2,8(13)14-3)12-5-7(4-11-12)10-6-15/h4-5H,1-3H3. The minimum atomic E-state index is -0.857. The highest BCUT2D eigenvalue weighted by atomic mass is 32.1. The molecule has 0 fully saturated rings. The predicted molar refractivity (Wildman–Crippen MR) is 58.3 cm³/mol. The van der Waals surface area contributed by atoms with E-state index in [1.165, 1.54) is 18.0 Å². The number of hydrogen-bond acceptors (Lipinski definition) is 5. The van der Waals surface area contributed by atoms with Crippen molar-refractivity contribution in [2.45, 2.75) is 19.4 Å². The van der Waals surface area contributed by atoms with Gasteiger partial charge < -0.3 is 4.74 Å². The Labute approximate surface area is 92.8 Å². The average molecular weight is 225 g/mol. The Morgan fingerprint density at radius 1 is 1.73 bits per heavy atom. The van der Waals surface area contributed by atoms with Crippen molar-refractivity contribution in [3.8, 4) is 0 Å². The number of rotatable bonds is 3. The first-order valence-corrected chi connectivity index (χ1v) is 4.64. The number of methoxy groups -OCH3 is 1. The molecule has 6 heteroatoms. The lowest BCUT2D eigenvalue weighted by Gasteiger charge is -2.21. The van der Waals surface area contributed by atoms with Crippen LogP contribution < -0.4 is 0 Å². The number of esters is 1. The van der Waals surface area contributed by atoms with Gasteiger partial charge in [0.1, 0.15) is 5.69 Å². The van der Waals surface area contributed by atoms with E-state index in [-0.39, 0.29) is 5.97 Å². The number of ether oxygens (including phenoxy) is 1. The van der Waals surface area contributed by atoms with Gasteiger partial charge >= 0.3 is 5.97 Å². The van der Waals surface area contributed by atoms with Gasteiger partial charge in [0.25, 0.3) is 0 Å². The van der Waals surface area contributed by atoms with Crippen LogP contribution in [0.15, 0.2) is 17.4 Å². The van der Waals surface area contributed by atoms with Crippen molar-refractivity contribution in [3.05, 3.63) is 12.4 Å². The quantitative estimate of drug-likeness (QED) is 0.444. The minimum Gasteiger partial charge on any atom is -0.467 e. The Hall–Kier alpha value is -1.52. The van der Waals surface area contributed by atoms with Gasteiger partial charge in [0, 0.05) is 0 Å². The highest BCUT2D eigenvalue weighted by Crippen LogP contribution is 2.19. The van der Waals surface area contributed by atoms with E-state index in [0.29, 0.717) is 5.69 Å². The Bertz CT molecular complexity index is 419. The summed E-state index contributed by atoms with van der Waals surface area (Å²) in [6.45, 7) is 3.41. The summed E-state index contributed by atoms with van der Waals surface area (Å²) in [6, 6.07) is 0. The van der Waals surface area contributed by atoms with Crippen molar-refractivity contribution >= 4 is 29.0 Å². The molecule has 0 unspecified atom stereocenters. The fourth-order valence-electron chi connectivity index (χ4n) is 1.07. The Kier molecular flexibility index (Phi) is 3.34. The van der Waals surface area contributed by atoms with E-state index >= 15 is 0 Å². The molecule has 0 aliphatic carbocycles. The second kappa shape index (κ2) is 4.33. The first-order chi connectivity index (χ1) is 7.02. The molecule has 0 saturated carbocycles. The molecule has 1 rings (SSSR count). The average Bonchev–Trinajstić information content (AvgIpc) is 2.66. The molecule has 0 aliphatic heterocycles. The van der Waals surface area contributed by atoms with Crippen LogP contribution in [0.5, 0.6) is 0 Å². The van der Waals surface area contributed by atoms with Crippen molar-refractivity contribution in [3.63, 3.8) is 0 Å². The van der Waals surface area contributed by atoms with Crippen molar-refractivity contribution < 1.29 is 9.53 Å². The van der Waals surface area contributed by atoms with Crippen LogP contribution >= 0.6 is 12.2 Å². The van der Waals surface area contributed by atoms with Crippen LogP contribution in [0.1, 0.15) is 13.8 Å². The minimum absolute atomic E-state index is 0.372. The maximum atomic E-state index is 11.5. The van der Waals surface area contributed by atoms with Gasteiger partial charge in [-0.25, -0.2) is 4.79 Å². The molecule has 0 spiro atoms. The molecule has 0 aliphatic rings. The van der Waals surface area contributed by atoms with Crippen LogP contribution in [-0.2, 0) is 15.1 Å². The third kappa shape index (κ3) is 2.29. The molecule has 1 aromatic heterocycles. The normalized spacial score (nSPS) is 10.6. The number of carbonyl (C=O) groups excluding carboxylic acids is 1. The summed E-state index contributed by atoms with van der Waals surface area (Å²) in [5, 5.41) is 6.24. The van der Waals surface area contributed by atoms with Gasteiger partial charge in [0.05, 0.1) is 24.7 Å². The third-order valence-corrected chi connectivity index (χ3v) is 2.09. The van der Waals surface area contributed by atoms with Gasteiger partial charge in [-0.05, 0) is 26.1 Å². The van der Waals surface area contributed by atoms with Crippen LogP contribution in [0.3, 0.4) is 0 Å². The molecule has 0 aromatic carbocycles. The summed E-state index contributed by atoms with van der Waals surface area (Å²) >= 11 is 4.47. The molecular weight excluding hydrogens is 214 g/mol. The highest BCUT2D eigenvalue weighted by Gasteiger charge is 2.31. The van der Waals surface area contributed by atoms with Crippen LogP contribution in [0.2, 0.25) is 0 Å². The molecule has 15 heavy (non-hydrogen) atoms. The summed E-state index contributed by atoms with van der Waals surface area (Å²) in [6.07, 6.45) is 3.11. The van der Waals surface area contributed by atoms with Crippen LogP contribution in [-0.4, -0.2) is 28.0 Å². The third-order valence-electron chi connectivity index (χ3n) is 2.00. The summed E-state index contributed by atoms with van der Waals surface area (Å²) < 4.78 is 6.15. The maximum Gasteiger partial charge on any atom is 0.333 e. The van der Waals surface area contributed by atoms with E-state index in [4.69, 9.17) is 0 Å². The van der Waals surface area contributed by atoms with Crippen LogP contribution in [0.25, 0.3) is 0 Å². The number of aliphatic imine (C=N–C) groups is 1. The maximum absolute atomic E-state index is 11.5. The molecule has 0 atom stereocenters. The lowest BCUT2D eigenvalue weighted by molar-refractivity contribution is -0.150. The largest absolute Gasteiger partial charge is 0.467 e. The monoisotopic (exact) mass is 225 g/mol. The number of nitrogens with zero attached hydrogens (tertiary/aromatic N) is 3. The second-order valence-corrected chi connectivity index (χ2v) is 3.58. The molecular formula is C9H11N3O2S. The van der Waals surface area contributed by atoms with E-state index in [1.54, 1.807) is 20.0 Å². The van der Waals surface area contributed by atoms with E-state index in [2.05, 4.69) is 32.2 Å². The Morgan fingerprint density at radius 3 is 2.93 bits per heavy atom. The topological polar surface area (TPSA) is 56.5 Å². The van der Waals surface area contributed by atoms with Crippen molar-refractivity contribution in [1.29, 1.82) is 0 Å². The lowest BCUT2D eigenvalue weighted by atomic mass is 10.1. The Morgan fingerprint density at radius 2 is 2.40 bits per heavy atom. The molecule has 1 heterocycles. The zero-order valence-corrected chi connectivity index (χ0v) is 9.54. The number of aromatic nitrogens is 2. The fourth-order valence-corrected chi connectivity index (χ4v) is 1.18. The zero-order chi connectivity index (χ0) is 11.5. The molecule has 1 aromatic rings. The molecule has 0 amide bonds. The summed E-state index contributed by atoms with van der Waals surface area (Å²) in [5.41, 5.74) is -0.300. The van der Waals surface area contributed by atoms with Crippen molar-refractivity contribution in [2.24, 2.45) is 4.99 Å². The smallest absolute Gasteiger partial charge is 0.333 e. The summed E-state index contributed by atoms with van der Waals surface area (Å²) in [7, 11) is 1.34. The fraction of sp³-hybridized carbons (Fsp3) is 0.444. The van der Waals surface area contributed by atoms with Gasteiger partial charge in [-0.2, -0.15) is 10.1 Å². The highest BCUT2D eigenvalue weighted by molar-refractivity contribution is 7.78. The Balaban J connectivity index is 3.04.